The highest BCUT2D eigenvalue weighted by Crippen LogP contribution is 2.41. The van der Waals surface area contributed by atoms with Gasteiger partial charge in [-0.3, -0.25) is 14.4 Å². The summed E-state index contributed by atoms with van der Waals surface area (Å²) >= 11 is 0. The molecule has 5 unspecified atom stereocenters. The summed E-state index contributed by atoms with van der Waals surface area (Å²) in [6.07, 6.45) is -0.470. The number of carbonyl (C=O) groups is 4. The summed E-state index contributed by atoms with van der Waals surface area (Å²) in [6.45, 7) is 9.81. The molecule has 3 aliphatic rings. The third kappa shape index (κ3) is 8.80. The molecule has 7 rings (SSSR count). The van der Waals surface area contributed by atoms with Crippen molar-refractivity contribution in [2.24, 2.45) is 17.8 Å². The number of rotatable bonds is 10. The molecule has 13 nitrogen and oxygen atoms in total. The maximum Gasteiger partial charge on any atom is 0.417 e. The van der Waals surface area contributed by atoms with Gasteiger partial charge in [0.1, 0.15) is 23.5 Å². The second-order valence-electron chi connectivity index (χ2n) is 16.2. The number of nitrogens with one attached hydrogen (secondary N) is 3. The predicted octanol–water partition coefficient (Wildman–Crippen LogP) is 7.29. The minimum Gasteiger partial charge on any atom is -0.453 e. The van der Waals surface area contributed by atoms with E-state index >= 15 is 4.39 Å². The Morgan fingerprint density at radius 1 is 0.950 bits per heavy atom. The van der Waals surface area contributed by atoms with E-state index in [1.165, 1.54) is 31.5 Å². The van der Waals surface area contributed by atoms with E-state index in [9.17, 15) is 32.3 Å². The van der Waals surface area contributed by atoms with Gasteiger partial charge in [-0.25, -0.2) is 19.2 Å². The number of hydrogen-bond donors (Lipinski definition) is 3. The van der Waals surface area contributed by atoms with Crippen molar-refractivity contribution in [3.8, 4) is 22.4 Å². The highest BCUT2D eigenvalue weighted by atomic mass is 19.4. The number of alkyl carbamates (subject to hydrolysis) is 1. The van der Waals surface area contributed by atoms with Crippen molar-refractivity contribution < 1.29 is 41.5 Å². The van der Waals surface area contributed by atoms with Crippen LogP contribution in [0.25, 0.3) is 22.4 Å². The highest BCUT2D eigenvalue weighted by Gasteiger charge is 2.43. The Hall–Kier alpha value is -6.00. The molecule has 0 bridgehead atoms. The number of imidazole rings is 1. The number of carbonyl (C=O) groups excluding carboxylic acids is 4. The fourth-order valence-corrected chi connectivity index (χ4v) is 8.10. The fraction of sp³-hybridized carbons (Fsp3) is 0.442. The van der Waals surface area contributed by atoms with Gasteiger partial charge < -0.3 is 35.1 Å². The van der Waals surface area contributed by atoms with E-state index in [1.807, 2.05) is 30.6 Å². The summed E-state index contributed by atoms with van der Waals surface area (Å²) < 4.78 is 63.8. The first-order valence-electron chi connectivity index (χ1n) is 20.1. The molecule has 1 saturated carbocycles. The largest absolute Gasteiger partial charge is 0.453 e. The van der Waals surface area contributed by atoms with E-state index in [2.05, 4.69) is 32.5 Å². The van der Waals surface area contributed by atoms with Gasteiger partial charge in [-0.1, -0.05) is 45.0 Å². The number of aromatic nitrogens is 3. The number of H-pyrrole nitrogens is 1. The van der Waals surface area contributed by atoms with E-state index in [1.54, 1.807) is 29.3 Å². The second kappa shape index (κ2) is 16.9. The maximum absolute atomic E-state index is 15.6. The van der Waals surface area contributed by atoms with Crippen LogP contribution in [0.2, 0.25) is 0 Å². The van der Waals surface area contributed by atoms with Crippen LogP contribution in [0.5, 0.6) is 0 Å². The fourth-order valence-electron chi connectivity index (χ4n) is 8.10. The van der Waals surface area contributed by atoms with Crippen LogP contribution in [0.3, 0.4) is 0 Å². The Bertz CT molecular complexity index is 2250. The average molecular weight is 833 g/mol. The molecule has 5 atom stereocenters. The molecular formula is C43H48F4N8O5. The molecule has 17 heteroatoms. The van der Waals surface area contributed by atoms with Crippen LogP contribution in [0.1, 0.15) is 74.7 Å². The van der Waals surface area contributed by atoms with E-state index in [-0.39, 0.29) is 46.9 Å². The van der Waals surface area contributed by atoms with Crippen LogP contribution in [0.4, 0.5) is 33.9 Å². The number of benzene rings is 2. The lowest BCUT2D eigenvalue weighted by Crippen LogP contribution is -2.54. The smallest absolute Gasteiger partial charge is 0.417 e. The number of alkyl halides is 3. The van der Waals surface area contributed by atoms with E-state index in [0.717, 1.165) is 18.9 Å². The summed E-state index contributed by atoms with van der Waals surface area (Å²) in [5, 5.41) is 4.89. The molecular weight excluding hydrogens is 785 g/mol. The zero-order valence-corrected chi connectivity index (χ0v) is 34.0. The predicted molar refractivity (Wildman–Crippen MR) is 215 cm³/mol. The Labute approximate surface area is 344 Å². The average Bonchev–Trinajstić information content (AvgIpc) is 3.54. The number of ether oxygens (including phenoxy) is 1. The van der Waals surface area contributed by atoms with Crippen molar-refractivity contribution in [2.45, 2.75) is 71.3 Å². The normalized spacial score (nSPS) is 20.9. The van der Waals surface area contributed by atoms with Gasteiger partial charge in [-0.15, -0.1) is 0 Å². The number of aromatic amines is 1. The summed E-state index contributed by atoms with van der Waals surface area (Å²) in [5.41, 5.74) is -0.925. The Morgan fingerprint density at radius 2 is 1.67 bits per heavy atom. The van der Waals surface area contributed by atoms with Gasteiger partial charge in [-0.05, 0) is 79.0 Å². The van der Waals surface area contributed by atoms with E-state index < -0.39 is 46.9 Å². The quantitative estimate of drug-likeness (QED) is 0.141. The number of hydrogen-bond acceptors (Lipinski definition) is 8. The number of pyridine rings is 1. The van der Waals surface area contributed by atoms with Gasteiger partial charge >= 0.3 is 12.3 Å². The van der Waals surface area contributed by atoms with Crippen LogP contribution in [-0.4, -0.2) is 93.9 Å². The summed E-state index contributed by atoms with van der Waals surface area (Å²) in [5.74, 6) is -0.561. The minimum absolute atomic E-state index is 0.0265. The van der Waals surface area contributed by atoms with Gasteiger partial charge in [0.15, 0.2) is 0 Å². The number of piperazine rings is 1. The topological polar surface area (TPSA) is 153 Å². The highest BCUT2D eigenvalue weighted by molar-refractivity contribution is 6.04. The Morgan fingerprint density at radius 3 is 2.28 bits per heavy atom. The van der Waals surface area contributed by atoms with Crippen molar-refractivity contribution >= 4 is 35.3 Å². The van der Waals surface area contributed by atoms with E-state index in [4.69, 9.17) is 4.74 Å². The Kier molecular flexibility index (Phi) is 11.9. The summed E-state index contributed by atoms with van der Waals surface area (Å²) in [7, 11) is 1.23. The molecule has 4 aromatic rings. The second-order valence-corrected chi connectivity index (χ2v) is 16.2. The molecule has 3 N–H and O–H groups in total. The zero-order valence-electron chi connectivity index (χ0n) is 34.0. The maximum atomic E-state index is 15.6. The standard InChI is InChI=1S/C43H48F4N8O5/c1-23(2)37(52-42(59)60-5)41(58)55-14-6-7-35(55)38-49-21-34(50-38)27-10-8-26(9-11-27)30-18-32(44)33(19-31(30)43(45,46)47)51-39(56)28-12-13-36(48-20-28)54-16-15-53(22-25(54)4)40(57)29-17-24(29)3/h8-13,18-21,23-25,29,35,37H,6-7,14-17,22H2,1-5H3,(H,49,50)(H,51,56)(H,52,59). The first-order chi connectivity index (χ1) is 28.5. The van der Waals surface area contributed by atoms with Gasteiger partial charge in [0.05, 0.1) is 41.9 Å². The molecule has 2 aromatic carbocycles. The number of likely N-dealkylation sites (tertiary alicyclic amines) is 1. The molecule has 4 amide bonds. The van der Waals surface area contributed by atoms with Crippen molar-refractivity contribution in [1.82, 2.24) is 30.1 Å². The van der Waals surface area contributed by atoms with Crippen LogP contribution in [0.15, 0.2) is 60.9 Å². The van der Waals surface area contributed by atoms with Gasteiger partial charge in [0, 0.05) is 44.3 Å². The number of anilines is 2. The van der Waals surface area contributed by atoms with Crippen molar-refractivity contribution in [2.75, 3.05) is 43.5 Å². The molecule has 0 radical (unpaired) electrons. The van der Waals surface area contributed by atoms with Crippen molar-refractivity contribution in [3.05, 3.63) is 83.7 Å². The SMILES string of the molecule is COC(=O)NC(C(=O)N1CCCC1c1ncc(-c2ccc(-c3cc(F)c(NC(=O)c4ccc(N5CCN(C(=O)C6CC6C)CC5C)nc4)cc3C(F)(F)F)cc2)[nH]1)C(C)C. The van der Waals surface area contributed by atoms with Crippen LogP contribution < -0.4 is 15.5 Å². The van der Waals surface area contributed by atoms with Crippen LogP contribution in [-0.2, 0) is 20.5 Å². The van der Waals surface area contributed by atoms with Crippen LogP contribution in [0, 0.1) is 23.6 Å². The van der Waals surface area contributed by atoms with Gasteiger partial charge in [0.25, 0.3) is 5.91 Å². The first-order valence-corrected chi connectivity index (χ1v) is 20.1. The molecule has 2 aromatic heterocycles. The van der Waals surface area contributed by atoms with Crippen molar-refractivity contribution in [3.63, 3.8) is 0 Å². The molecule has 2 saturated heterocycles. The van der Waals surface area contributed by atoms with Crippen molar-refractivity contribution in [1.29, 1.82) is 0 Å². The molecule has 2 aliphatic heterocycles. The lowest BCUT2D eigenvalue weighted by molar-refractivity contribution is -0.137. The first kappa shape index (κ1) is 42.1. The Balaban J connectivity index is 1.03. The monoisotopic (exact) mass is 832 g/mol. The molecule has 0 spiro atoms. The molecule has 318 valence electrons. The lowest BCUT2D eigenvalue weighted by Gasteiger charge is -2.40. The number of methoxy groups -OCH3 is 1. The lowest BCUT2D eigenvalue weighted by atomic mass is 9.96. The minimum atomic E-state index is -4.89. The molecule has 4 heterocycles. The number of nitrogens with zero attached hydrogens (tertiary/aromatic N) is 5. The third-order valence-electron chi connectivity index (χ3n) is 11.7. The summed E-state index contributed by atoms with van der Waals surface area (Å²) in [6, 6.07) is 9.27. The van der Waals surface area contributed by atoms with E-state index in [0.29, 0.717) is 67.5 Å². The molecule has 3 fully saturated rings. The van der Waals surface area contributed by atoms with Gasteiger partial charge in [0.2, 0.25) is 11.8 Å². The van der Waals surface area contributed by atoms with Gasteiger partial charge in [-0.2, -0.15) is 13.2 Å². The summed E-state index contributed by atoms with van der Waals surface area (Å²) in [4.78, 5) is 69.1. The van der Waals surface area contributed by atoms with Crippen LogP contribution >= 0.6 is 0 Å². The molecule has 1 aliphatic carbocycles. The number of amides is 4. The number of halogens is 4. The third-order valence-corrected chi connectivity index (χ3v) is 11.7. The molecule has 60 heavy (non-hydrogen) atoms. The zero-order chi connectivity index (χ0) is 43.0.